The molecular formula is C9H9N3OS. The highest BCUT2D eigenvalue weighted by molar-refractivity contribution is 7.22. The minimum Gasteiger partial charge on any atom is -0.411 e. The van der Waals surface area contributed by atoms with E-state index in [0.717, 1.165) is 15.8 Å². The van der Waals surface area contributed by atoms with E-state index in [4.69, 9.17) is 10.9 Å². The van der Waals surface area contributed by atoms with Gasteiger partial charge in [0.25, 0.3) is 0 Å². The van der Waals surface area contributed by atoms with Gasteiger partial charge < -0.3 is 10.9 Å². The number of hydrogen-bond acceptors (Lipinski definition) is 5. The van der Waals surface area contributed by atoms with Crippen molar-refractivity contribution >= 4 is 32.4 Å². The van der Waals surface area contributed by atoms with Crippen LogP contribution in [0.4, 0.5) is 5.13 Å². The minimum absolute atomic E-state index is 0.552. The smallest absolute Gasteiger partial charge is 0.181 e. The number of aromatic nitrogens is 1. The fourth-order valence-electron chi connectivity index (χ4n) is 1.23. The predicted molar refractivity (Wildman–Crippen MR) is 58.0 cm³/mol. The van der Waals surface area contributed by atoms with Gasteiger partial charge in [-0.15, -0.1) is 0 Å². The topological polar surface area (TPSA) is 71.5 Å². The van der Waals surface area contributed by atoms with Gasteiger partial charge in [0.1, 0.15) is 0 Å². The van der Waals surface area contributed by atoms with Gasteiger partial charge in [0.15, 0.2) is 5.13 Å². The van der Waals surface area contributed by atoms with Gasteiger partial charge in [-0.3, -0.25) is 0 Å². The third kappa shape index (κ3) is 1.42. The summed E-state index contributed by atoms with van der Waals surface area (Å²) in [4.78, 5) is 4.13. The molecule has 3 N–H and O–H groups in total. The van der Waals surface area contributed by atoms with Gasteiger partial charge >= 0.3 is 0 Å². The standard InChI is InChI=1S/C9H9N3OS/c1-5(12-13)6-2-3-7-8(4-6)14-9(10)11-7/h2-4,13H,1H3,(H2,10,11)/b12-5+. The summed E-state index contributed by atoms with van der Waals surface area (Å²) in [6.45, 7) is 1.74. The Morgan fingerprint density at radius 1 is 1.57 bits per heavy atom. The molecule has 0 saturated carbocycles. The van der Waals surface area contributed by atoms with Gasteiger partial charge in [0.2, 0.25) is 0 Å². The van der Waals surface area contributed by atoms with Gasteiger partial charge in [-0.25, -0.2) is 4.98 Å². The van der Waals surface area contributed by atoms with Crippen LogP contribution >= 0.6 is 11.3 Å². The molecule has 0 radical (unpaired) electrons. The number of benzene rings is 1. The summed E-state index contributed by atoms with van der Waals surface area (Å²) in [5.74, 6) is 0. The van der Waals surface area contributed by atoms with Crippen molar-refractivity contribution in [2.24, 2.45) is 5.16 Å². The number of nitrogen functional groups attached to an aromatic ring is 1. The Balaban J connectivity index is 2.61. The second-order valence-corrected chi connectivity index (χ2v) is 3.98. The molecule has 0 aliphatic carbocycles. The molecule has 5 heteroatoms. The molecule has 2 rings (SSSR count). The Kier molecular flexibility index (Phi) is 2.09. The number of oxime groups is 1. The largest absolute Gasteiger partial charge is 0.411 e. The van der Waals surface area contributed by atoms with E-state index in [2.05, 4.69) is 10.1 Å². The first-order valence-electron chi connectivity index (χ1n) is 4.06. The lowest BCUT2D eigenvalue weighted by Crippen LogP contribution is -1.92. The maximum Gasteiger partial charge on any atom is 0.181 e. The quantitative estimate of drug-likeness (QED) is 0.427. The molecule has 1 aromatic heterocycles. The third-order valence-electron chi connectivity index (χ3n) is 1.97. The van der Waals surface area contributed by atoms with Gasteiger partial charge in [-0.05, 0) is 19.1 Å². The van der Waals surface area contributed by atoms with Crippen molar-refractivity contribution in [1.29, 1.82) is 0 Å². The zero-order chi connectivity index (χ0) is 10.1. The SMILES string of the molecule is C/C(=N\O)c1ccc2nc(N)sc2c1. The second kappa shape index (κ2) is 3.26. The minimum atomic E-state index is 0.552. The number of thiazole rings is 1. The third-order valence-corrected chi connectivity index (χ3v) is 2.82. The molecule has 0 atom stereocenters. The lowest BCUT2D eigenvalue weighted by Gasteiger charge is -1.96. The van der Waals surface area contributed by atoms with Crippen molar-refractivity contribution in [2.45, 2.75) is 6.92 Å². The molecule has 0 aliphatic rings. The number of nitrogens with zero attached hydrogens (tertiary/aromatic N) is 2. The fraction of sp³-hybridized carbons (Fsp3) is 0.111. The van der Waals surface area contributed by atoms with E-state index in [1.165, 1.54) is 11.3 Å². The van der Waals surface area contributed by atoms with Crippen LogP contribution in [0.1, 0.15) is 12.5 Å². The molecule has 0 fully saturated rings. The number of rotatable bonds is 1. The van der Waals surface area contributed by atoms with Crippen LogP contribution in [0.25, 0.3) is 10.2 Å². The van der Waals surface area contributed by atoms with Crippen molar-refractivity contribution in [2.75, 3.05) is 5.73 Å². The highest BCUT2D eigenvalue weighted by Crippen LogP contribution is 2.24. The summed E-state index contributed by atoms with van der Waals surface area (Å²) in [6, 6.07) is 5.64. The Hall–Kier alpha value is -1.62. The van der Waals surface area contributed by atoms with Gasteiger partial charge in [-0.1, -0.05) is 22.6 Å². The summed E-state index contributed by atoms with van der Waals surface area (Å²) in [5.41, 5.74) is 7.91. The molecule has 4 nitrogen and oxygen atoms in total. The van der Waals surface area contributed by atoms with Crippen LogP contribution in [0, 0.1) is 0 Å². The molecule has 1 aromatic carbocycles. The molecule has 2 aromatic rings. The zero-order valence-corrected chi connectivity index (χ0v) is 8.38. The molecule has 72 valence electrons. The second-order valence-electron chi connectivity index (χ2n) is 2.92. The molecule has 0 unspecified atom stereocenters. The number of hydrogen-bond donors (Lipinski definition) is 2. The first kappa shape index (κ1) is 8.96. The number of nitrogens with two attached hydrogens (primary N) is 1. The van der Waals surface area contributed by atoms with E-state index in [9.17, 15) is 0 Å². The monoisotopic (exact) mass is 207 g/mol. The summed E-state index contributed by atoms with van der Waals surface area (Å²) < 4.78 is 1.00. The van der Waals surface area contributed by atoms with E-state index in [1.54, 1.807) is 6.92 Å². The van der Waals surface area contributed by atoms with E-state index < -0.39 is 0 Å². The molecule has 14 heavy (non-hydrogen) atoms. The van der Waals surface area contributed by atoms with E-state index in [0.29, 0.717) is 10.8 Å². The first-order chi connectivity index (χ1) is 6.70. The summed E-state index contributed by atoms with van der Waals surface area (Å²) >= 11 is 1.42. The van der Waals surface area contributed by atoms with Crippen LogP contribution in [-0.2, 0) is 0 Å². The van der Waals surface area contributed by atoms with Crippen molar-refractivity contribution in [1.82, 2.24) is 4.98 Å². The van der Waals surface area contributed by atoms with Crippen LogP contribution in [0.15, 0.2) is 23.4 Å². The highest BCUT2D eigenvalue weighted by Gasteiger charge is 2.03. The van der Waals surface area contributed by atoms with Crippen LogP contribution in [0.2, 0.25) is 0 Å². The molecular weight excluding hydrogens is 198 g/mol. The Bertz CT molecular complexity index is 504. The normalized spacial score (nSPS) is 12.2. The Labute approximate surface area is 84.7 Å². The lowest BCUT2D eigenvalue weighted by molar-refractivity contribution is 0.319. The van der Waals surface area contributed by atoms with Crippen LogP contribution < -0.4 is 5.73 Å². The van der Waals surface area contributed by atoms with Crippen molar-refractivity contribution in [3.05, 3.63) is 23.8 Å². The maximum absolute atomic E-state index is 8.62. The predicted octanol–water partition coefficient (Wildman–Crippen LogP) is 2.08. The van der Waals surface area contributed by atoms with Gasteiger partial charge in [0.05, 0.1) is 15.9 Å². The first-order valence-corrected chi connectivity index (χ1v) is 4.87. The average molecular weight is 207 g/mol. The van der Waals surface area contributed by atoms with Crippen LogP contribution in [0.5, 0.6) is 0 Å². The average Bonchev–Trinajstić information content (AvgIpc) is 2.55. The van der Waals surface area contributed by atoms with E-state index in [1.807, 2.05) is 18.2 Å². The molecule has 0 spiro atoms. The van der Waals surface area contributed by atoms with Crippen molar-refractivity contribution < 1.29 is 5.21 Å². The van der Waals surface area contributed by atoms with E-state index in [-0.39, 0.29) is 0 Å². The highest BCUT2D eigenvalue weighted by atomic mass is 32.1. The lowest BCUT2D eigenvalue weighted by atomic mass is 10.1. The summed E-state index contributed by atoms with van der Waals surface area (Å²) in [7, 11) is 0. The molecule has 0 saturated heterocycles. The maximum atomic E-state index is 8.62. The Morgan fingerprint density at radius 2 is 2.36 bits per heavy atom. The molecule has 1 heterocycles. The Morgan fingerprint density at radius 3 is 3.07 bits per heavy atom. The van der Waals surface area contributed by atoms with Crippen LogP contribution in [0.3, 0.4) is 0 Å². The molecule has 0 aliphatic heterocycles. The van der Waals surface area contributed by atoms with E-state index >= 15 is 0 Å². The van der Waals surface area contributed by atoms with Gasteiger partial charge in [0, 0.05) is 5.56 Å². The number of fused-ring (bicyclic) bond motifs is 1. The van der Waals surface area contributed by atoms with Crippen molar-refractivity contribution in [3.63, 3.8) is 0 Å². The van der Waals surface area contributed by atoms with Gasteiger partial charge in [-0.2, -0.15) is 0 Å². The zero-order valence-electron chi connectivity index (χ0n) is 7.56. The fourth-order valence-corrected chi connectivity index (χ4v) is 2.00. The van der Waals surface area contributed by atoms with Crippen LogP contribution in [-0.4, -0.2) is 15.9 Å². The molecule has 0 bridgehead atoms. The number of anilines is 1. The molecule has 0 amide bonds. The van der Waals surface area contributed by atoms with Crippen molar-refractivity contribution in [3.8, 4) is 0 Å². The summed E-state index contributed by atoms with van der Waals surface area (Å²) in [5, 5.41) is 12.3. The summed E-state index contributed by atoms with van der Waals surface area (Å²) in [6.07, 6.45) is 0.